The molecule has 6 aromatic rings. The molecule has 8 nitrogen and oxygen atoms in total. The van der Waals surface area contributed by atoms with Gasteiger partial charge in [0, 0.05) is 16.6 Å². The van der Waals surface area contributed by atoms with Crippen LogP contribution in [0.4, 0.5) is 0 Å². The van der Waals surface area contributed by atoms with Gasteiger partial charge in [-0.1, -0.05) is 66.7 Å². The molecule has 0 aliphatic heterocycles. The molecule has 0 aliphatic carbocycles. The molecule has 1 N–H and O–H groups in total. The number of hydrogen-bond donors (Lipinski definition) is 1. The van der Waals surface area contributed by atoms with E-state index in [9.17, 15) is 10.1 Å². The van der Waals surface area contributed by atoms with Crippen molar-refractivity contribution in [2.75, 3.05) is 7.11 Å². The van der Waals surface area contributed by atoms with Gasteiger partial charge < -0.3 is 4.74 Å². The number of para-hydroxylation sites is 2. The number of nitriles is 1. The lowest BCUT2D eigenvalue weighted by Gasteiger charge is -2.10. The van der Waals surface area contributed by atoms with Crippen molar-refractivity contribution in [2.24, 2.45) is 5.10 Å². The zero-order chi connectivity index (χ0) is 28.9. The maximum atomic E-state index is 13.6. The minimum atomic E-state index is -0.586. The molecule has 0 unspecified atom stereocenters. The predicted molar refractivity (Wildman–Crippen MR) is 162 cm³/mol. The van der Waals surface area contributed by atoms with E-state index in [-0.39, 0.29) is 11.3 Å². The number of rotatable bonds is 7. The van der Waals surface area contributed by atoms with Gasteiger partial charge in [0.05, 0.1) is 24.2 Å². The Morgan fingerprint density at radius 1 is 0.857 bits per heavy atom. The van der Waals surface area contributed by atoms with E-state index in [1.54, 1.807) is 11.8 Å². The first-order chi connectivity index (χ1) is 20.7. The lowest BCUT2D eigenvalue weighted by molar-refractivity contribution is 0.0947. The van der Waals surface area contributed by atoms with Crippen LogP contribution in [0.2, 0.25) is 0 Å². The molecule has 0 fully saturated rings. The Labute approximate surface area is 246 Å². The molecule has 42 heavy (non-hydrogen) atoms. The van der Waals surface area contributed by atoms with E-state index >= 15 is 0 Å². The van der Waals surface area contributed by atoms with Crippen LogP contribution in [0.3, 0.4) is 0 Å². The van der Waals surface area contributed by atoms with Crippen molar-refractivity contribution in [1.29, 1.82) is 5.26 Å². The van der Waals surface area contributed by atoms with E-state index < -0.39 is 5.91 Å². The molecule has 2 aromatic heterocycles. The second-order valence-corrected chi connectivity index (χ2v) is 9.99. The van der Waals surface area contributed by atoms with E-state index in [0.717, 1.165) is 33.9 Å². The van der Waals surface area contributed by atoms with Gasteiger partial charge in [0.25, 0.3) is 5.91 Å². The summed E-state index contributed by atoms with van der Waals surface area (Å²) in [5, 5.41) is 21.3. The SMILES string of the molecule is COc1ccc(-c2cs/c(=N/NC(=O)c3nn(-c4ccccc4)c(-c4ccccc4)c3C#N)n2-c2ccccc2)cc1. The average molecular weight is 569 g/mol. The van der Waals surface area contributed by atoms with Crippen LogP contribution in [0.1, 0.15) is 16.1 Å². The number of methoxy groups -OCH3 is 1. The fourth-order valence-corrected chi connectivity index (χ4v) is 5.50. The van der Waals surface area contributed by atoms with E-state index in [1.165, 1.54) is 11.3 Å². The van der Waals surface area contributed by atoms with E-state index in [0.29, 0.717) is 10.5 Å². The van der Waals surface area contributed by atoms with Gasteiger partial charge in [0.2, 0.25) is 4.80 Å². The summed E-state index contributed by atoms with van der Waals surface area (Å²) in [6.07, 6.45) is 0. The summed E-state index contributed by atoms with van der Waals surface area (Å²) in [7, 11) is 1.63. The molecule has 0 saturated heterocycles. The minimum Gasteiger partial charge on any atom is -0.497 e. The number of thiazole rings is 1. The van der Waals surface area contributed by atoms with Crippen LogP contribution in [-0.4, -0.2) is 27.4 Å². The standard InChI is InChI=1S/C33H24N6O2S/c1-41-27-19-17-23(18-20-27)29-22-42-33(38(29)25-13-7-3-8-14-25)36-35-32(40)30-28(21-34)31(24-11-5-2-6-12-24)39(37-30)26-15-9-4-10-16-26/h2-20,22H,1H3,(H,35,40)/b36-33+. The van der Waals surface area contributed by atoms with Crippen LogP contribution < -0.4 is 15.0 Å². The van der Waals surface area contributed by atoms with Gasteiger partial charge in [0.1, 0.15) is 17.4 Å². The molecule has 0 saturated carbocycles. The Hall–Kier alpha value is -5.72. The highest BCUT2D eigenvalue weighted by molar-refractivity contribution is 7.07. The molecule has 4 aromatic carbocycles. The molecular weight excluding hydrogens is 544 g/mol. The van der Waals surface area contributed by atoms with E-state index in [4.69, 9.17) is 4.74 Å². The fourth-order valence-electron chi connectivity index (χ4n) is 4.63. The van der Waals surface area contributed by atoms with Crippen molar-refractivity contribution >= 4 is 17.2 Å². The molecular formula is C33H24N6O2S. The first kappa shape index (κ1) is 26.5. The highest BCUT2D eigenvalue weighted by atomic mass is 32.1. The number of amides is 1. The topological polar surface area (TPSA) is 97.2 Å². The highest BCUT2D eigenvalue weighted by Crippen LogP contribution is 2.29. The van der Waals surface area contributed by atoms with Gasteiger partial charge >= 0.3 is 0 Å². The number of aromatic nitrogens is 3. The van der Waals surface area contributed by atoms with Crippen molar-refractivity contribution in [3.05, 3.63) is 137 Å². The molecule has 0 spiro atoms. The summed E-state index contributed by atoms with van der Waals surface area (Å²) in [4.78, 5) is 14.1. The van der Waals surface area contributed by atoms with Crippen molar-refractivity contribution in [3.8, 4) is 45.7 Å². The number of nitrogens with one attached hydrogen (secondary N) is 1. The zero-order valence-electron chi connectivity index (χ0n) is 22.5. The van der Waals surface area contributed by atoms with Crippen LogP contribution in [0, 0.1) is 11.3 Å². The number of nitrogens with zero attached hydrogens (tertiary/aromatic N) is 5. The van der Waals surface area contributed by atoms with Crippen LogP contribution >= 0.6 is 11.3 Å². The van der Waals surface area contributed by atoms with Crippen LogP contribution in [0.25, 0.3) is 33.9 Å². The average Bonchev–Trinajstić information content (AvgIpc) is 3.67. The highest BCUT2D eigenvalue weighted by Gasteiger charge is 2.25. The summed E-state index contributed by atoms with van der Waals surface area (Å²) < 4.78 is 8.91. The van der Waals surface area contributed by atoms with Crippen LogP contribution in [0.15, 0.2) is 126 Å². The monoisotopic (exact) mass is 568 g/mol. The molecule has 6 rings (SSSR count). The number of hydrogen-bond acceptors (Lipinski definition) is 6. The quantitative estimate of drug-likeness (QED) is 0.233. The summed E-state index contributed by atoms with van der Waals surface area (Å²) in [6.45, 7) is 0. The summed E-state index contributed by atoms with van der Waals surface area (Å²) in [5.74, 6) is 0.174. The molecule has 0 radical (unpaired) electrons. The van der Waals surface area contributed by atoms with Gasteiger partial charge in [-0.15, -0.1) is 16.4 Å². The third kappa shape index (κ3) is 5.10. The molecule has 9 heteroatoms. The van der Waals surface area contributed by atoms with Gasteiger partial charge in [-0.3, -0.25) is 9.36 Å². The van der Waals surface area contributed by atoms with Crippen LogP contribution in [-0.2, 0) is 0 Å². The molecule has 0 aliphatic rings. The Kier molecular flexibility index (Phi) is 7.44. The molecule has 204 valence electrons. The van der Waals surface area contributed by atoms with Crippen molar-refractivity contribution in [3.63, 3.8) is 0 Å². The Balaban J connectivity index is 1.43. The maximum absolute atomic E-state index is 13.6. The van der Waals surface area contributed by atoms with Crippen molar-refractivity contribution in [1.82, 2.24) is 19.8 Å². The third-order valence-corrected chi connectivity index (χ3v) is 7.45. The van der Waals surface area contributed by atoms with Gasteiger partial charge in [-0.25, -0.2) is 10.1 Å². The number of ether oxygens (including phenoxy) is 1. The fraction of sp³-hybridized carbons (Fsp3) is 0.0303. The second kappa shape index (κ2) is 11.8. The van der Waals surface area contributed by atoms with Crippen molar-refractivity contribution < 1.29 is 9.53 Å². The molecule has 1 amide bonds. The second-order valence-electron chi connectivity index (χ2n) is 9.15. The molecule has 2 heterocycles. The lowest BCUT2D eigenvalue weighted by atomic mass is 10.1. The Morgan fingerprint density at radius 3 is 2.10 bits per heavy atom. The minimum absolute atomic E-state index is 0.0119. The zero-order valence-corrected chi connectivity index (χ0v) is 23.3. The largest absolute Gasteiger partial charge is 0.497 e. The van der Waals surface area contributed by atoms with Crippen LogP contribution in [0.5, 0.6) is 5.75 Å². The number of carbonyl (C=O) groups excluding carboxylic acids is 1. The van der Waals surface area contributed by atoms with Gasteiger partial charge in [-0.05, 0) is 54.1 Å². The summed E-state index contributed by atoms with van der Waals surface area (Å²) in [6, 6.07) is 38.6. The van der Waals surface area contributed by atoms with E-state index in [1.807, 2.05) is 125 Å². The van der Waals surface area contributed by atoms with Crippen molar-refractivity contribution in [2.45, 2.75) is 0 Å². The number of benzene rings is 4. The summed E-state index contributed by atoms with van der Waals surface area (Å²) >= 11 is 1.38. The smallest absolute Gasteiger partial charge is 0.293 e. The third-order valence-electron chi connectivity index (χ3n) is 6.62. The summed E-state index contributed by atoms with van der Waals surface area (Å²) in [5.41, 5.74) is 7.59. The normalized spacial score (nSPS) is 11.2. The molecule has 0 bridgehead atoms. The van der Waals surface area contributed by atoms with E-state index in [2.05, 4.69) is 21.7 Å². The Bertz CT molecular complexity index is 1950. The van der Waals surface area contributed by atoms with Gasteiger partial charge in [-0.2, -0.15) is 10.4 Å². The lowest BCUT2D eigenvalue weighted by Crippen LogP contribution is -2.25. The number of carbonyl (C=O) groups is 1. The Morgan fingerprint density at radius 2 is 1.48 bits per heavy atom. The first-order valence-corrected chi connectivity index (χ1v) is 13.9. The molecule has 0 atom stereocenters. The van der Waals surface area contributed by atoms with Gasteiger partial charge in [0.15, 0.2) is 5.69 Å². The maximum Gasteiger partial charge on any atom is 0.293 e. The first-order valence-electron chi connectivity index (χ1n) is 13.1. The predicted octanol–water partition coefficient (Wildman–Crippen LogP) is 6.18.